The average Bonchev–Trinajstić information content (AvgIpc) is 3.28. The minimum absolute atomic E-state index is 0.105. The number of ketones is 1. The first-order chi connectivity index (χ1) is 22.5. The molecule has 12 heteroatoms. The van der Waals surface area contributed by atoms with Gasteiger partial charge in [-0.1, -0.05) is 71.5 Å². The van der Waals surface area contributed by atoms with E-state index in [2.05, 4.69) is 47.8 Å². The number of imide groups is 1. The van der Waals surface area contributed by atoms with Gasteiger partial charge in [0.15, 0.2) is 6.10 Å². The number of rotatable bonds is 8. The molecule has 4 aromatic rings. The summed E-state index contributed by atoms with van der Waals surface area (Å²) in [5.41, 5.74) is 3.62. The van der Waals surface area contributed by atoms with Crippen molar-refractivity contribution in [2.45, 2.75) is 41.9 Å². The standard InChI is InChI=1S/C35H27Br3Cl2N2O5/c1-17-12-20(36)13-23-26(35(46)47-30(10-11-39)32(43)19-2-6-21(40)7-3-19)16-29(41-31(17)23)18-4-8-22(9-5-18)42-33(44)24-14-27(37)28(38)15-25(24)34(42)45/h2-9,12-13,16,24-25,27-28,30H,10-11,14-15H2,1H3. The fourth-order valence-electron chi connectivity index (χ4n) is 6.24. The van der Waals surface area contributed by atoms with E-state index in [1.54, 1.807) is 60.7 Å². The third-order valence-corrected chi connectivity index (χ3v) is 12.3. The fraction of sp³-hybridized carbons (Fsp3) is 0.286. The Balaban J connectivity index is 1.33. The molecule has 0 N–H and O–H groups in total. The third kappa shape index (κ3) is 6.81. The Kier molecular flexibility index (Phi) is 10.3. The van der Waals surface area contributed by atoms with Gasteiger partial charge in [-0.15, -0.1) is 11.6 Å². The summed E-state index contributed by atoms with van der Waals surface area (Å²) in [4.78, 5) is 60.2. The minimum Gasteiger partial charge on any atom is -0.450 e. The molecule has 2 heterocycles. The highest BCUT2D eigenvalue weighted by Gasteiger charge is 2.52. The first kappa shape index (κ1) is 34.2. The van der Waals surface area contributed by atoms with Crippen molar-refractivity contribution in [1.82, 2.24) is 4.98 Å². The molecule has 0 spiro atoms. The second-order valence-corrected chi connectivity index (χ2v) is 15.8. The van der Waals surface area contributed by atoms with Crippen LogP contribution in [0.1, 0.15) is 45.5 Å². The molecule has 0 bridgehead atoms. The minimum atomic E-state index is -1.11. The van der Waals surface area contributed by atoms with Crippen molar-refractivity contribution in [3.8, 4) is 11.3 Å². The van der Waals surface area contributed by atoms with E-state index >= 15 is 0 Å². The van der Waals surface area contributed by atoms with Crippen molar-refractivity contribution in [2.24, 2.45) is 11.8 Å². The predicted octanol–water partition coefficient (Wildman–Crippen LogP) is 9.09. The summed E-state index contributed by atoms with van der Waals surface area (Å²) in [7, 11) is 0. The van der Waals surface area contributed by atoms with E-state index in [-0.39, 0.29) is 57.0 Å². The van der Waals surface area contributed by atoms with Crippen LogP contribution in [0.25, 0.3) is 22.2 Å². The number of pyridine rings is 1. The van der Waals surface area contributed by atoms with Gasteiger partial charge in [-0.25, -0.2) is 9.78 Å². The molecule has 5 atom stereocenters. The molecule has 2 aliphatic rings. The molecular weight excluding hydrogens is 839 g/mol. The van der Waals surface area contributed by atoms with Crippen LogP contribution in [0.15, 0.2) is 71.2 Å². The number of hydrogen-bond acceptors (Lipinski definition) is 6. The van der Waals surface area contributed by atoms with Crippen LogP contribution in [0.3, 0.4) is 0 Å². The van der Waals surface area contributed by atoms with Crippen LogP contribution in [-0.2, 0) is 14.3 Å². The second-order valence-electron chi connectivity index (χ2n) is 11.7. The van der Waals surface area contributed by atoms with E-state index in [1.165, 1.54) is 4.90 Å². The van der Waals surface area contributed by atoms with Crippen LogP contribution in [0, 0.1) is 18.8 Å². The lowest BCUT2D eigenvalue weighted by atomic mass is 9.81. The molecule has 6 rings (SSSR count). The Morgan fingerprint density at radius 1 is 0.957 bits per heavy atom. The number of aryl methyl sites for hydroxylation is 1. The van der Waals surface area contributed by atoms with Crippen molar-refractivity contribution in [1.29, 1.82) is 0 Å². The summed E-state index contributed by atoms with van der Waals surface area (Å²) in [5, 5.41) is 1.03. The number of benzene rings is 3. The van der Waals surface area contributed by atoms with Crippen LogP contribution in [0.4, 0.5) is 5.69 Å². The van der Waals surface area contributed by atoms with E-state index in [0.717, 1.165) is 10.0 Å². The maximum atomic E-state index is 13.8. The Morgan fingerprint density at radius 2 is 1.57 bits per heavy atom. The smallest absolute Gasteiger partial charge is 0.339 e. The molecule has 1 saturated heterocycles. The van der Waals surface area contributed by atoms with Crippen molar-refractivity contribution >= 4 is 111 Å². The van der Waals surface area contributed by atoms with Gasteiger partial charge in [0.1, 0.15) is 0 Å². The zero-order valence-corrected chi connectivity index (χ0v) is 31.2. The third-order valence-electron chi connectivity index (χ3n) is 8.66. The van der Waals surface area contributed by atoms with E-state index in [1.807, 2.05) is 13.0 Å². The monoisotopic (exact) mass is 862 g/mol. The molecule has 242 valence electrons. The van der Waals surface area contributed by atoms with E-state index < -0.39 is 12.1 Å². The van der Waals surface area contributed by atoms with E-state index in [9.17, 15) is 19.2 Å². The van der Waals surface area contributed by atoms with Crippen molar-refractivity contribution in [3.05, 3.63) is 92.9 Å². The molecule has 2 amide bonds. The molecule has 7 nitrogen and oxygen atoms in total. The number of ether oxygens (including phenoxy) is 1. The SMILES string of the molecule is Cc1cc(Br)cc2c(C(=O)OC(CCCl)C(=O)c3ccc(Cl)cc3)cc(-c3ccc(N4C(=O)C5CC(Br)C(Br)CC5C4=O)cc3)nc12. The van der Waals surface area contributed by atoms with E-state index in [0.29, 0.717) is 51.3 Å². The summed E-state index contributed by atoms with van der Waals surface area (Å²) in [5.74, 6) is -2.06. The van der Waals surface area contributed by atoms with Gasteiger partial charge >= 0.3 is 5.97 Å². The number of fused-ring (bicyclic) bond motifs is 2. The Hall–Kier alpha value is -2.63. The zero-order valence-electron chi connectivity index (χ0n) is 24.9. The number of esters is 1. The van der Waals surface area contributed by atoms with Gasteiger partial charge in [0.25, 0.3) is 0 Å². The quantitative estimate of drug-likeness (QED) is 0.0760. The van der Waals surface area contributed by atoms with Crippen LogP contribution in [0.5, 0.6) is 0 Å². The molecule has 3 aromatic carbocycles. The Morgan fingerprint density at radius 3 is 2.17 bits per heavy atom. The molecular formula is C35H27Br3Cl2N2O5. The number of anilines is 1. The molecule has 1 aliphatic heterocycles. The highest BCUT2D eigenvalue weighted by molar-refractivity contribution is 9.12. The average molecular weight is 866 g/mol. The first-order valence-electron chi connectivity index (χ1n) is 14.9. The van der Waals surface area contributed by atoms with Gasteiger partial charge in [0, 0.05) is 48.0 Å². The molecule has 5 unspecified atom stereocenters. The summed E-state index contributed by atoms with van der Waals surface area (Å²) >= 11 is 22.8. The molecule has 2 fully saturated rings. The molecule has 47 heavy (non-hydrogen) atoms. The predicted molar refractivity (Wildman–Crippen MR) is 194 cm³/mol. The number of aromatic nitrogens is 1. The van der Waals surface area contributed by atoms with Crippen LogP contribution >= 0.6 is 71.0 Å². The summed E-state index contributed by atoms with van der Waals surface area (Å²) in [6.07, 6.45) is 0.189. The Labute approximate surface area is 306 Å². The number of nitrogens with zero attached hydrogens (tertiary/aromatic N) is 2. The maximum absolute atomic E-state index is 13.8. The number of amides is 2. The van der Waals surface area contributed by atoms with Crippen molar-refractivity contribution in [2.75, 3.05) is 10.8 Å². The lowest BCUT2D eigenvalue weighted by Gasteiger charge is -2.29. The number of carbonyl (C=O) groups is 4. The zero-order chi connectivity index (χ0) is 33.6. The van der Waals surface area contributed by atoms with Crippen molar-refractivity contribution < 1.29 is 23.9 Å². The largest absolute Gasteiger partial charge is 0.450 e. The molecule has 1 saturated carbocycles. The fourth-order valence-corrected chi connectivity index (χ4v) is 8.37. The summed E-state index contributed by atoms with van der Waals surface area (Å²) in [6, 6.07) is 18.7. The van der Waals surface area contributed by atoms with Crippen molar-refractivity contribution in [3.63, 3.8) is 0 Å². The number of halogens is 5. The summed E-state index contributed by atoms with van der Waals surface area (Å²) in [6.45, 7) is 1.89. The Bertz CT molecular complexity index is 1880. The van der Waals surface area contributed by atoms with Gasteiger partial charge in [0.2, 0.25) is 17.6 Å². The number of alkyl halides is 3. The molecule has 1 aliphatic carbocycles. The highest BCUT2D eigenvalue weighted by atomic mass is 79.9. The van der Waals surface area contributed by atoms with E-state index in [4.69, 9.17) is 32.9 Å². The lowest BCUT2D eigenvalue weighted by molar-refractivity contribution is -0.122. The summed E-state index contributed by atoms with van der Waals surface area (Å²) < 4.78 is 6.59. The van der Waals surface area contributed by atoms with Gasteiger partial charge in [-0.2, -0.15) is 0 Å². The van der Waals surface area contributed by atoms with Gasteiger partial charge in [0.05, 0.1) is 34.3 Å². The maximum Gasteiger partial charge on any atom is 0.339 e. The lowest BCUT2D eigenvalue weighted by Crippen LogP contribution is -2.34. The highest BCUT2D eigenvalue weighted by Crippen LogP contribution is 2.44. The second kappa shape index (κ2) is 14.1. The first-order valence-corrected chi connectivity index (χ1v) is 18.4. The van der Waals surface area contributed by atoms with Gasteiger partial charge < -0.3 is 4.74 Å². The van der Waals surface area contributed by atoms with Crippen LogP contribution < -0.4 is 4.90 Å². The van der Waals surface area contributed by atoms with Gasteiger partial charge in [-0.05, 0) is 79.9 Å². The molecule has 0 radical (unpaired) electrons. The number of carbonyl (C=O) groups excluding carboxylic acids is 4. The van der Waals surface area contributed by atoms with Gasteiger partial charge in [-0.3, -0.25) is 19.3 Å². The normalized spacial score (nSPS) is 21.5. The number of hydrogen-bond donors (Lipinski definition) is 0. The van der Waals surface area contributed by atoms with Crippen LogP contribution in [-0.4, -0.2) is 50.2 Å². The topological polar surface area (TPSA) is 93.6 Å². The van der Waals surface area contributed by atoms with Crippen LogP contribution in [0.2, 0.25) is 5.02 Å². The molecule has 1 aromatic heterocycles. The number of Topliss-reactive ketones (excluding diaryl/α,β-unsaturated/α-hetero) is 1.